The lowest BCUT2D eigenvalue weighted by atomic mass is 10.0. The predicted octanol–water partition coefficient (Wildman–Crippen LogP) is 5.61. The molecule has 1 saturated heterocycles. The number of nitrogens with one attached hydrogen (secondary N) is 1. The van der Waals surface area contributed by atoms with E-state index >= 15 is 0 Å². The Kier molecular flexibility index (Phi) is 9.38. The number of furan rings is 1. The molecule has 37 heavy (non-hydrogen) atoms. The molecule has 0 spiro atoms. The van der Waals surface area contributed by atoms with Gasteiger partial charge in [-0.2, -0.15) is 0 Å². The highest BCUT2D eigenvalue weighted by atomic mass is 16.4. The van der Waals surface area contributed by atoms with Crippen molar-refractivity contribution < 1.29 is 19.1 Å². The minimum Gasteiger partial charge on any atom is -0.481 e. The maximum absolute atomic E-state index is 13.3. The van der Waals surface area contributed by atoms with Crippen molar-refractivity contribution in [1.82, 2.24) is 4.90 Å². The van der Waals surface area contributed by atoms with Gasteiger partial charge in [0, 0.05) is 43.5 Å². The molecule has 1 fully saturated rings. The van der Waals surface area contributed by atoms with E-state index in [9.17, 15) is 9.59 Å². The van der Waals surface area contributed by atoms with Crippen LogP contribution in [0.2, 0.25) is 0 Å². The molecule has 1 amide bonds. The third-order valence-electron chi connectivity index (χ3n) is 7.01. The monoisotopic (exact) mass is 503 g/mol. The van der Waals surface area contributed by atoms with Crippen LogP contribution in [0.3, 0.4) is 0 Å². The van der Waals surface area contributed by atoms with Crippen molar-refractivity contribution in [1.29, 1.82) is 0 Å². The van der Waals surface area contributed by atoms with Gasteiger partial charge in [0.15, 0.2) is 5.76 Å². The van der Waals surface area contributed by atoms with Crippen LogP contribution in [0.5, 0.6) is 0 Å². The van der Waals surface area contributed by atoms with Crippen molar-refractivity contribution in [3.63, 3.8) is 0 Å². The Hall–Kier alpha value is -3.58. The minimum atomic E-state index is -0.758. The number of hydrogen-bond acceptors (Lipinski definition) is 5. The number of likely N-dealkylation sites (tertiary alicyclic amines) is 1. The van der Waals surface area contributed by atoms with Crippen LogP contribution >= 0.6 is 0 Å². The maximum Gasteiger partial charge on any atom is 0.303 e. The number of benzene rings is 2. The van der Waals surface area contributed by atoms with Gasteiger partial charge in [-0.3, -0.25) is 9.59 Å². The topological polar surface area (TPSA) is 86.0 Å². The summed E-state index contributed by atoms with van der Waals surface area (Å²) >= 11 is 0. The number of aryl methyl sites for hydroxylation is 2. The summed E-state index contributed by atoms with van der Waals surface area (Å²) in [6.45, 7) is 5.62. The zero-order chi connectivity index (χ0) is 26.0. The van der Waals surface area contributed by atoms with Gasteiger partial charge in [0.25, 0.3) is 5.91 Å². The molecule has 4 rings (SSSR count). The van der Waals surface area contributed by atoms with Gasteiger partial charge in [0.1, 0.15) is 0 Å². The second kappa shape index (κ2) is 13.1. The summed E-state index contributed by atoms with van der Waals surface area (Å²) in [7, 11) is 0. The molecule has 0 atom stereocenters. The fraction of sp³-hybridized carbons (Fsp3) is 0.400. The number of carbonyl (C=O) groups is 2. The highest BCUT2D eigenvalue weighted by Gasteiger charge is 2.31. The van der Waals surface area contributed by atoms with Crippen LogP contribution in [0.1, 0.15) is 53.8 Å². The van der Waals surface area contributed by atoms with Crippen LogP contribution in [0.4, 0.5) is 11.4 Å². The van der Waals surface area contributed by atoms with E-state index in [0.29, 0.717) is 18.7 Å². The second-order valence-electron chi connectivity index (χ2n) is 9.75. The smallest absolute Gasteiger partial charge is 0.303 e. The maximum atomic E-state index is 13.3. The quantitative estimate of drug-likeness (QED) is 0.313. The lowest BCUT2D eigenvalue weighted by molar-refractivity contribution is -0.137. The molecule has 0 radical (unpaired) electrons. The molecule has 196 valence electrons. The van der Waals surface area contributed by atoms with E-state index in [1.54, 1.807) is 18.4 Å². The molecule has 0 aliphatic carbocycles. The van der Waals surface area contributed by atoms with Crippen LogP contribution in [-0.2, 0) is 11.2 Å². The van der Waals surface area contributed by atoms with Crippen LogP contribution < -0.4 is 10.2 Å². The molecular weight excluding hydrogens is 466 g/mol. The second-order valence-corrected chi connectivity index (χ2v) is 9.75. The van der Waals surface area contributed by atoms with Crippen LogP contribution in [0.25, 0.3) is 0 Å². The number of hydrogen-bond donors (Lipinski definition) is 2. The molecule has 0 saturated carbocycles. The first-order valence-corrected chi connectivity index (χ1v) is 13.2. The number of para-hydroxylation sites is 1. The molecule has 1 aliphatic rings. The van der Waals surface area contributed by atoms with Crippen LogP contribution in [-0.4, -0.2) is 54.1 Å². The SMILES string of the molecule is Cc1ccc(N(C(=O)c2ccco2)C2CCN(CCCc3ccccc3NCCCC(=O)O)CC2)cc1. The first-order valence-electron chi connectivity index (χ1n) is 13.2. The van der Waals surface area contributed by atoms with Crippen molar-refractivity contribution >= 4 is 23.3 Å². The van der Waals surface area contributed by atoms with Gasteiger partial charge in [0.05, 0.1) is 6.26 Å². The summed E-state index contributed by atoms with van der Waals surface area (Å²) in [5, 5.41) is 12.2. The number of carboxylic acids is 1. The van der Waals surface area contributed by atoms with Gasteiger partial charge in [-0.15, -0.1) is 0 Å². The number of anilines is 2. The number of carbonyl (C=O) groups excluding carboxylic acids is 1. The number of rotatable bonds is 12. The highest BCUT2D eigenvalue weighted by molar-refractivity contribution is 6.04. The summed E-state index contributed by atoms with van der Waals surface area (Å²) in [6.07, 6.45) is 6.19. The normalized spacial score (nSPS) is 14.4. The molecular formula is C30H37N3O4. The van der Waals surface area contributed by atoms with E-state index in [-0.39, 0.29) is 18.4 Å². The first kappa shape index (κ1) is 26.5. The molecule has 7 heteroatoms. The van der Waals surface area contributed by atoms with Gasteiger partial charge in [0.2, 0.25) is 0 Å². The Morgan fingerprint density at radius 1 is 1.03 bits per heavy atom. The standard InChI is InChI=1S/C30H37N3O4/c1-23-12-14-25(15-13-23)33(30(36)28-10-6-22-37-28)26-16-20-32(21-17-26)19-5-8-24-7-2-3-9-27(24)31-18-4-11-29(34)35/h2-3,6-7,9-10,12-15,22,26,31H,4-5,8,11,16-21H2,1H3,(H,34,35). The van der Waals surface area contributed by atoms with Gasteiger partial charge in [-0.05, 0) is 81.5 Å². The largest absolute Gasteiger partial charge is 0.481 e. The van der Waals surface area contributed by atoms with E-state index in [1.165, 1.54) is 11.1 Å². The number of amides is 1. The zero-order valence-corrected chi connectivity index (χ0v) is 21.6. The van der Waals surface area contributed by atoms with Crippen molar-refractivity contribution in [2.75, 3.05) is 36.4 Å². The Labute approximate surface area is 219 Å². The summed E-state index contributed by atoms with van der Waals surface area (Å²) in [5.74, 6) is -0.468. The molecule has 2 aromatic carbocycles. The van der Waals surface area contributed by atoms with E-state index < -0.39 is 5.97 Å². The Balaban J connectivity index is 1.29. The van der Waals surface area contributed by atoms with Crippen LogP contribution in [0.15, 0.2) is 71.3 Å². The Bertz CT molecular complexity index is 1140. The summed E-state index contributed by atoms with van der Waals surface area (Å²) in [4.78, 5) is 28.5. The van der Waals surface area contributed by atoms with Crippen molar-refractivity contribution in [3.8, 4) is 0 Å². The summed E-state index contributed by atoms with van der Waals surface area (Å²) in [6, 6.07) is 20.0. The van der Waals surface area contributed by atoms with Crippen LogP contribution in [0, 0.1) is 6.92 Å². The van der Waals surface area contributed by atoms with Crippen molar-refractivity contribution in [2.24, 2.45) is 0 Å². The lowest BCUT2D eigenvalue weighted by Gasteiger charge is -2.38. The summed E-state index contributed by atoms with van der Waals surface area (Å²) < 4.78 is 5.45. The van der Waals surface area contributed by atoms with E-state index in [2.05, 4.69) is 35.3 Å². The molecule has 1 aromatic heterocycles. The van der Waals surface area contributed by atoms with E-state index in [1.807, 2.05) is 35.2 Å². The van der Waals surface area contributed by atoms with Gasteiger partial charge in [-0.25, -0.2) is 0 Å². The van der Waals surface area contributed by atoms with Gasteiger partial charge >= 0.3 is 5.97 Å². The first-order chi connectivity index (χ1) is 18.0. The van der Waals surface area contributed by atoms with E-state index in [0.717, 1.165) is 56.7 Å². The minimum absolute atomic E-state index is 0.0836. The molecule has 0 unspecified atom stereocenters. The molecule has 2 N–H and O–H groups in total. The fourth-order valence-corrected chi connectivity index (χ4v) is 4.99. The number of aliphatic carboxylic acids is 1. The molecule has 1 aliphatic heterocycles. The summed E-state index contributed by atoms with van der Waals surface area (Å²) in [5.41, 5.74) is 4.44. The number of piperidine rings is 1. The lowest BCUT2D eigenvalue weighted by Crippen LogP contribution is -2.47. The number of nitrogens with zero attached hydrogens (tertiary/aromatic N) is 2. The third kappa shape index (κ3) is 7.46. The molecule has 2 heterocycles. The van der Waals surface area contributed by atoms with Gasteiger partial charge < -0.3 is 24.6 Å². The predicted molar refractivity (Wildman–Crippen MR) is 146 cm³/mol. The Morgan fingerprint density at radius 2 is 1.78 bits per heavy atom. The molecule has 0 bridgehead atoms. The number of carboxylic acid groups (broad SMARTS) is 1. The Morgan fingerprint density at radius 3 is 2.49 bits per heavy atom. The highest BCUT2D eigenvalue weighted by Crippen LogP contribution is 2.27. The van der Waals surface area contributed by atoms with Crippen molar-refractivity contribution in [2.45, 2.75) is 51.5 Å². The molecule has 3 aromatic rings. The molecule has 7 nitrogen and oxygen atoms in total. The average molecular weight is 504 g/mol. The fourth-order valence-electron chi connectivity index (χ4n) is 4.99. The van der Waals surface area contributed by atoms with Crippen molar-refractivity contribution in [3.05, 3.63) is 83.8 Å². The van der Waals surface area contributed by atoms with E-state index in [4.69, 9.17) is 9.52 Å². The zero-order valence-electron chi connectivity index (χ0n) is 21.6. The third-order valence-corrected chi connectivity index (χ3v) is 7.01. The van der Waals surface area contributed by atoms with Gasteiger partial charge in [-0.1, -0.05) is 35.9 Å². The average Bonchev–Trinajstić information content (AvgIpc) is 3.45.